The SMILES string of the molecule is Cc1ccc(NC2CCNC2)nn1.Cl. The number of aromatic nitrogens is 2. The number of nitrogens with zero attached hydrogens (tertiary/aromatic N) is 2. The molecule has 78 valence electrons. The van der Waals surface area contributed by atoms with E-state index < -0.39 is 0 Å². The molecule has 0 saturated carbocycles. The van der Waals surface area contributed by atoms with Crippen LogP contribution in [0.2, 0.25) is 0 Å². The molecule has 1 aliphatic rings. The fourth-order valence-electron chi connectivity index (χ4n) is 1.46. The molecule has 1 saturated heterocycles. The molecule has 2 heterocycles. The summed E-state index contributed by atoms with van der Waals surface area (Å²) in [6.07, 6.45) is 1.16. The van der Waals surface area contributed by atoms with Gasteiger partial charge in [0, 0.05) is 12.6 Å². The van der Waals surface area contributed by atoms with E-state index in [1.807, 2.05) is 19.1 Å². The van der Waals surface area contributed by atoms with Crippen LogP contribution < -0.4 is 10.6 Å². The highest BCUT2D eigenvalue weighted by atomic mass is 35.5. The number of nitrogens with one attached hydrogen (secondary N) is 2. The van der Waals surface area contributed by atoms with Crippen LogP contribution in [0.25, 0.3) is 0 Å². The van der Waals surface area contributed by atoms with Crippen LogP contribution in [0, 0.1) is 6.92 Å². The van der Waals surface area contributed by atoms with E-state index in [-0.39, 0.29) is 12.4 Å². The summed E-state index contributed by atoms with van der Waals surface area (Å²) in [5, 5.41) is 14.7. The van der Waals surface area contributed by atoms with E-state index in [0.29, 0.717) is 6.04 Å². The van der Waals surface area contributed by atoms with Gasteiger partial charge in [0.15, 0.2) is 0 Å². The summed E-state index contributed by atoms with van der Waals surface area (Å²) in [6.45, 7) is 4.06. The molecule has 0 radical (unpaired) electrons. The second-order valence-corrected chi connectivity index (χ2v) is 3.39. The lowest BCUT2D eigenvalue weighted by Crippen LogP contribution is -2.22. The van der Waals surface area contributed by atoms with Gasteiger partial charge in [-0.25, -0.2) is 0 Å². The average molecular weight is 215 g/mol. The predicted octanol–water partition coefficient (Wildman–Crippen LogP) is 0.981. The van der Waals surface area contributed by atoms with E-state index in [4.69, 9.17) is 0 Å². The summed E-state index contributed by atoms with van der Waals surface area (Å²) in [6, 6.07) is 4.45. The molecule has 2 N–H and O–H groups in total. The number of hydrogen-bond acceptors (Lipinski definition) is 4. The molecule has 1 aromatic rings. The predicted molar refractivity (Wildman–Crippen MR) is 58.9 cm³/mol. The van der Waals surface area contributed by atoms with E-state index >= 15 is 0 Å². The topological polar surface area (TPSA) is 49.8 Å². The quantitative estimate of drug-likeness (QED) is 0.771. The van der Waals surface area contributed by atoms with Crippen molar-refractivity contribution in [2.75, 3.05) is 18.4 Å². The Morgan fingerprint density at radius 3 is 2.86 bits per heavy atom. The minimum Gasteiger partial charge on any atom is -0.365 e. The van der Waals surface area contributed by atoms with Gasteiger partial charge in [-0.3, -0.25) is 0 Å². The van der Waals surface area contributed by atoms with Crippen molar-refractivity contribution in [1.82, 2.24) is 15.5 Å². The van der Waals surface area contributed by atoms with Crippen LogP contribution in [0.4, 0.5) is 5.82 Å². The van der Waals surface area contributed by atoms with E-state index in [9.17, 15) is 0 Å². The molecule has 1 atom stereocenters. The van der Waals surface area contributed by atoms with Crippen molar-refractivity contribution in [3.63, 3.8) is 0 Å². The zero-order valence-electron chi connectivity index (χ0n) is 8.16. The molecule has 1 aliphatic heterocycles. The largest absolute Gasteiger partial charge is 0.365 e. The number of halogens is 1. The molecule has 14 heavy (non-hydrogen) atoms. The Balaban J connectivity index is 0.000000980. The Morgan fingerprint density at radius 2 is 2.29 bits per heavy atom. The third-order valence-electron chi connectivity index (χ3n) is 2.21. The van der Waals surface area contributed by atoms with Crippen molar-refractivity contribution in [2.24, 2.45) is 0 Å². The highest BCUT2D eigenvalue weighted by Gasteiger charge is 2.13. The summed E-state index contributed by atoms with van der Waals surface area (Å²) in [5.74, 6) is 0.874. The zero-order valence-corrected chi connectivity index (χ0v) is 8.97. The molecular weight excluding hydrogens is 200 g/mol. The molecule has 1 unspecified atom stereocenters. The van der Waals surface area contributed by atoms with E-state index in [2.05, 4.69) is 20.8 Å². The first-order valence-corrected chi connectivity index (χ1v) is 4.62. The van der Waals surface area contributed by atoms with Gasteiger partial charge < -0.3 is 10.6 Å². The molecule has 1 aromatic heterocycles. The van der Waals surface area contributed by atoms with Gasteiger partial charge in [0.2, 0.25) is 0 Å². The number of anilines is 1. The van der Waals surface area contributed by atoms with Gasteiger partial charge in [-0.2, -0.15) is 5.10 Å². The molecule has 0 bridgehead atoms. The molecule has 0 aromatic carbocycles. The lowest BCUT2D eigenvalue weighted by Gasteiger charge is -2.10. The Kier molecular flexibility index (Phi) is 4.10. The summed E-state index contributed by atoms with van der Waals surface area (Å²) < 4.78 is 0. The van der Waals surface area contributed by atoms with Crippen LogP contribution in [-0.2, 0) is 0 Å². The molecule has 0 amide bonds. The first-order chi connectivity index (χ1) is 6.34. The van der Waals surface area contributed by atoms with Crippen molar-refractivity contribution in [3.05, 3.63) is 17.8 Å². The van der Waals surface area contributed by atoms with Gasteiger partial charge >= 0.3 is 0 Å². The average Bonchev–Trinajstić information content (AvgIpc) is 2.62. The van der Waals surface area contributed by atoms with Gasteiger partial charge in [-0.15, -0.1) is 17.5 Å². The highest BCUT2D eigenvalue weighted by molar-refractivity contribution is 5.85. The number of hydrogen-bond donors (Lipinski definition) is 2. The third-order valence-corrected chi connectivity index (χ3v) is 2.21. The maximum atomic E-state index is 4.05. The minimum absolute atomic E-state index is 0. The van der Waals surface area contributed by atoms with Crippen LogP contribution in [-0.4, -0.2) is 29.3 Å². The van der Waals surface area contributed by atoms with Crippen LogP contribution >= 0.6 is 12.4 Å². The second kappa shape index (κ2) is 5.12. The Hall–Kier alpha value is -0.870. The van der Waals surface area contributed by atoms with Crippen molar-refractivity contribution in [3.8, 4) is 0 Å². The van der Waals surface area contributed by atoms with Crippen molar-refractivity contribution in [1.29, 1.82) is 0 Å². The van der Waals surface area contributed by atoms with Crippen LogP contribution in [0.5, 0.6) is 0 Å². The minimum atomic E-state index is 0. The summed E-state index contributed by atoms with van der Waals surface area (Å²) >= 11 is 0. The summed E-state index contributed by atoms with van der Waals surface area (Å²) in [4.78, 5) is 0. The number of rotatable bonds is 2. The standard InChI is InChI=1S/C9H14N4.ClH/c1-7-2-3-9(13-12-7)11-8-4-5-10-6-8;/h2-3,8,10H,4-6H2,1H3,(H,11,13);1H. The van der Waals surface area contributed by atoms with Crippen LogP contribution in [0.3, 0.4) is 0 Å². The molecule has 1 fully saturated rings. The highest BCUT2D eigenvalue weighted by Crippen LogP contribution is 2.07. The second-order valence-electron chi connectivity index (χ2n) is 3.39. The molecule has 5 heteroatoms. The maximum Gasteiger partial charge on any atom is 0.148 e. The Morgan fingerprint density at radius 1 is 1.43 bits per heavy atom. The lowest BCUT2D eigenvalue weighted by molar-refractivity contribution is 0.781. The van der Waals surface area contributed by atoms with Crippen LogP contribution in [0.15, 0.2) is 12.1 Å². The molecule has 0 spiro atoms. The van der Waals surface area contributed by atoms with E-state index in [0.717, 1.165) is 31.0 Å². The fourth-order valence-corrected chi connectivity index (χ4v) is 1.46. The van der Waals surface area contributed by atoms with Crippen molar-refractivity contribution >= 4 is 18.2 Å². The molecular formula is C9H15ClN4. The van der Waals surface area contributed by atoms with Crippen molar-refractivity contribution in [2.45, 2.75) is 19.4 Å². The van der Waals surface area contributed by atoms with Gasteiger partial charge in [-0.05, 0) is 32.0 Å². The van der Waals surface area contributed by atoms with Gasteiger partial charge in [0.25, 0.3) is 0 Å². The maximum absolute atomic E-state index is 4.05. The first kappa shape index (κ1) is 11.2. The van der Waals surface area contributed by atoms with E-state index in [1.165, 1.54) is 0 Å². The van der Waals surface area contributed by atoms with Crippen LogP contribution in [0.1, 0.15) is 12.1 Å². The lowest BCUT2D eigenvalue weighted by atomic mass is 10.2. The Bertz CT molecular complexity index is 269. The summed E-state index contributed by atoms with van der Waals surface area (Å²) in [5.41, 5.74) is 0.954. The zero-order chi connectivity index (χ0) is 9.10. The molecule has 4 nitrogen and oxygen atoms in total. The normalized spacial score (nSPS) is 20.2. The smallest absolute Gasteiger partial charge is 0.148 e. The van der Waals surface area contributed by atoms with Gasteiger partial charge in [0.1, 0.15) is 5.82 Å². The van der Waals surface area contributed by atoms with E-state index in [1.54, 1.807) is 0 Å². The first-order valence-electron chi connectivity index (χ1n) is 4.62. The molecule has 2 rings (SSSR count). The number of aryl methyl sites for hydroxylation is 1. The Labute approximate surface area is 89.9 Å². The van der Waals surface area contributed by atoms with Crippen molar-refractivity contribution < 1.29 is 0 Å². The monoisotopic (exact) mass is 214 g/mol. The fraction of sp³-hybridized carbons (Fsp3) is 0.556. The molecule has 0 aliphatic carbocycles. The third kappa shape index (κ3) is 2.82. The van der Waals surface area contributed by atoms with Gasteiger partial charge in [0.05, 0.1) is 5.69 Å². The summed E-state index contributed by atoms with van der Waals surface area (Å²) in [7, 11) is 0. The van der Waals surface area contributed by atoms with Gasteiger partial charge in [-0.1, -0.05) is 0 Å².